The van der Waals surface area contributed by atoms with Gasteiger partial charge in [-0.1, -0.05) is 16.8 Å². The number of hydrogen-bond acceptors (Lipinski definition) is 4. The van der Waals surface area contributed by atoms with Crippen molar-refractivity contribution in [3.63, 3.8) is 0 Å². The first-order valence-electron chi connectivity index (χ1n) is 4.61. The average Bonchev–Trinajstić information content (AvgIpc) is 2.78. The number of aromatic carboxylic acids is 1. The molecule has 0 saturated heterocycles. The lowest BCUT2D eigenvalue weighted by molar-refractivity contribution is 0.0690. The Balaban J connectivity index is 2.51. The van der Waals surface area contributed by atoms with Gasteiger partial charge in [-0.3, -0.25) is 0 Å². The number of rotatable bonds is 3. The summed E-state index contributed by atoms with van der Waals surface area (Å²) < 4.78 is 6.43. The first kappa shape index (κ1) is 11.4. The topological polar surface area (TPSA) is 77.2 Å². The van der Waals surface area contributed by atoms with Crippen LogP contribution in [0.1, 0.15) is 10.5 Å². The van der Waals surface area contributed by atoms with Crippen LogP contribution in [-0.2, 0) is 0 Å². The van der Waals surface area contributed by atoms with E-state index in [1.807, 2.05) is 0 Å². The van der Waals surface area contributed by atoms with E-state index < -0.39 is 5.97 Å². The van der Waals surface area contributed by atoms with Crippen molar-refractivity contribution in [2.45, 2.75) is 0 Å². The Labute approximate surface area is 101 Å². The summed E-state index contributed by atoms with van der Waals surface area (Å²) in [5, 5.41) is 16.5. The van der Waals surface area contributed by atoms with Gasteiger partial charge in [0, 0.05) is 5.02 Å². The Morgan fingerprint density at radius 1 is 1.53 bits per heavy atom. The van der Waals surface area contributed by atoms with Crippen LogP contribution in [0.25, 0.3) is 5.69 Å². The van der Waals surface area contributed by atoms with Gasteiger partial charge in [0.1, 0.15) is 11.4 Å². The van der Waals surface area contributed by atoms with Crippen molar-refractivity contribution in [1.29, 1.82) is 0 Å². The smallest absolute Gasteiger partial charge is 0.358 e. The van der Waals surface area contributed by atoms with Crippen molar-refractivity contribution in [3.05, 3.63) is 35.1 Å². The van der Waals surface area contributed by atoms with Crippen LogP contribution in [0.4, 0.5) is 0 Å². The van der Waals surface area contributed by atoms with Crippen LogP contribution in [0.15, 0.2) is 24.4 Å². The second-order valence-corrected chi connectivity index (χ2v) is 3.61. The normalized spacial score (nSPS) is 10.2. The highest BCUT2D eigenvalue weighted by Crippen LogP contribution is 2.25. The average molecular weight is 254 g/mol. The van der Waals surface area contributed by atoms with E-state index in [2.05, 4.69) is 10.3 Å². The Bertz CT molecular complexity index is 568. The molecule has 0 bridgehead atoms. The summed E-state index contributed by atoms with van der Waals surface area (Å²) in [6.07, 6.45) is 1.29. The third-order valence-corrected chi connectivity index (χ3v) is 2.34. The molecule has 0 aliphatic rings. The highest BCUT2D eigenvalue weighted by Gasteiger charge is 2.12. The Hall–Kier alpha value is -2.08. The lowest BCUT2D eigenvalue weighted by Gasteiger charge is -2.07. The number of carbonyl (C=O) groups is 1. The molecule has 0 amide bonds. The van der Waals surface area contributed by atoms with E-state index in [9.17, 15) is 4.79 Å². The molecule has 88 valence electrons. The number of carboxylic acid groups (broad SMARTS) is 1. The first-order valence-corrected chi connectivity index (χ1v) is 4.99. The summed E-state index contributed by atoms with van der Waals surface area (Å²) >= 11 is 5.86. The van der Waals surface area contributed by atoms with Crippen molar-refractivity contribution in [3.8, 4) is 11.4 Å². The van der Waals surface area contributed by atoms with E-state index >= 15 is 0 Å². The van der Waals surface area contributed by atoms with E-state index in [1.54, 1.807) is 18.2 Å². The Kier molecular flexibility index (Phi) is 2.97. The van der Waals surface area contributed by atoms with Crippen molar-refractivity contribution in [1.82, 2.24) is 15.0 Å². The van der Waals surface area contributed by atoms with Crippen LogP contribution >= 0.6 is 11.6 Å². The Morgan fingerprint density at radius 2 is 2.29 bits per heavy atom. The van der Waals surface area contributed by atoms with Gasteiger partial charge in [-0.25, -0.2) is 9.48 Å². The lowest BCUT2D eigenvalue weighted by atomic mass is 10.3. The van der Waals surface area contributed by atoms with Crippen LogP contribution in [0.2, 0.25) is 5.02 Å². The van der Waals surface area contributed by atoms with Gasteiger partial charge in [0.2, 0.25) is 0 Å². The van der Waals surface area contributed by atoms with E-state index in [4.69, 9.17) is 21.4 Å². The zero-order valence-corrected chi connectivity index (χ0v) is 9.55. The van der Waals surface area contributed by atoms with Gasteiger partial charge in [0.25, 0.3) is 0 Å². The molecule has 1 aromatic heterocycles. The fraction of sp³-hybridized carbons (Fsp3) is 0.100. The van der Waals surface area contributed by atoms with Gasteiger partial charge in [-0.2, -0.15) is 0 Å². The summed E-state index contributed by atoms with van der Waals surface area (Å²) in [7, 11) is 1.50. The second-order valence-electron chi connectivity index (χ2n) is 3.17. The highest BCUT2D eigenvalue weighted by molar-refractivity contribution is 6.30. The van der Waals surface area contributed by atoms with Gasteiger partial charge in [0.15, 0.2) is 5.69 Å². The maximum atomic E-state index is 10.7. The number of benzene rings is 1. The van der Waals surface area contributed by atoms with Gasteiger partial charge in [-0.05, 0) is 18.2 Å². The summed E-state index contributed by atoms with van der Waals surface area (Å²) in [5.74, 6) is -0.617. The molecule has 1 heterocycles. The van der Waals surface area contributed by atoms with Crippen LogP contribution in [0, 0.1) is 0 Å². The lowest BCUT2D eigenvalue weighted by Crippen LogP contribution is -1.99. The quantitative estimate of drug-likeness (QED) is 0.900. The molecule has 0 fully saturated rings. The van der Waals surface area contributed by atoms with Crippen molar-refractivity contribution < 1.29 is 14.6 Å². The number of aromatic nitrogens is 3. The summed E-state index contributed by atoms with van der Waals surface area (Å²) in [4.78, 5) is 10.7. The minimum absolute atomic E-state index is 0.146. The number of methoxy groups -OCH3 is 1. The number of ether oxygens (including phenoxy) is 1. The fourth-order valence-electron chi connectivity index (χ4n) is 1.32. The molecule has 6 nitrogen and oxygen atoms in total. The van der Waals surface area contributed by atoms with Crippen LogP contribution < -0.4 is 4.74 Å². The molecule has 0 spiro atoms. The van der Waals surface area contributed by atoms with Gasteiger partial charge < -0.3 is 9.84 Å². The minimum Gasteiger partial charge on any atom is -0.494 e. The van der Waals surface area contributed by atoms with Gasteiger partial charge in [-0.15, -0.1) is 5.10 Å². The second kappa shape index (κ2) is 4.42. The summed E-state index contributed by atoms with van der Waals surface area (Å²) in [6, 6.07) is 4.94. The molecule has 0 saturated carbocycles. The van der Waals surface area contributed by atoms with Gasteiger partial charge >= 0.3 is 5.97 Å². The van der Waals surface area contributed by atoms with Crippen LogP contribution in [0.5, 0.6) is 5.75 Å². The zero-order valence-electron chi connectivity index (χ0n) is 8.79. The third-order valence-electron chi connectivity index (χ3n) is 2.10. The monoisotopic (exact) mass is 253 g/mol. The molecule has 1 aromatic carbocycles. The molecule has 17 heavy (non-hydrogen) atoms. The highest BCUT2D eigenvalue weighted by atomic mass is 35.5. The molecular weight excluding hydrogens is 246 g/mol. The van der Waals surface area contributed by atoms with Crippen LogP contribution in [0.3, 0.4) is 0 Å². The molecule has 7 heteroatoms. The predicted octanol–water partition coefficient (Wildman–Crippen LogP) is 1.63. The zero-order chi connectivity index (χ0) is 12.4. The molecule has 0 aliphatic carbocycles. The molecular formula is C10H8ClN3O3. The molecule has 2 aromatic rings. The SMILES string of the molecule is COc1ccc(Cl)cc1-n1cc(C(=O)O)nn1. The number of carboxylic acids is 1. The van der Waals surface area contributed by atoms with E-state index in [0.717, 1.165) is 0 Å². The third kappa shape index (κ3) is 2.21. The summed E-state index contributed by atoms with van der Waals surface area (Å²) in [6.45, 7) is 0. The van der Waals surface area contributed by atoms with E-state index in [0.29, 0.717) is 16.5 Å². The van der Waals surface area contributed by atoms with E-state index in [1.165, 1.54) is 18.0 Å². The number of nitrogens with zero attached hydrogens (tertiary/aromatic N) is 3. The predicted molar refractivity (Wildman–Crippen MR) is 59.9 cm³/mol. The molecule has 0 atom stereocenters. The standard InChI is InChI=1S/C10H8ClN3O3/c1-17-9-3-2-6(11)4-8(9)14-5-7(10(15)16)12-13-14/h2-5H,1H3,(H,15,16). The Morgan fingerprint density at radius 3 is 2.88 bits per heavy atom. The molecule has 0 unspecified atom stereocenters. The van der Waals surface area contributed by atoms with Crippen LogP contribution in [-0.4, -0.2) is 33.2 Å². The molecule has 2 rings (SSSR count). The maximum Gasteiger partial charge on any atom is 0.358 e. The van der Waals surface area contributed by atoms with Crippen molar-refractivity contribution >= 4 is 17.6 Å². The largest absolute Gasteiger partial charge is 0.494 e. The summed E-state index contributed by atoms with van der Waals surface area (Å²) in [5.41, 5.74) is 0.382. The first-order chi connectivity index (χ1) is 8.11. The fourth-order valence-corrected chi connectivity index (χ4v) is 1.49. The molecule has 0 aliphatic heterocycles. The molecule has 1 N–H and O–H groups in total. The number of hydrogen-bond donors (Lipinski definition) is 1. The van der Waals surface area contributed by atoms with Crippen molar-refractivity contribution in [2.75, 3.05) is 7.11 Å². The number of halogens is 1. The van der Waals surface area contributed by atoms with Crippen molar-refractivity contribution in [2.24, 2.45) is 0 Å². The molecule has 0 radical (unpaired) electrons. The maximum absolute atomic E-state index is 10.7. The van der Waals surface area contributed by atoms with Gasteiger partial charge in [0.05, 0.1) is 13.3 Å². The van der Waals surface area contributed by atoms with E-state index in [-0.39, 0.29) is 5.69 Å². The minimum atomic E-state index is -1.14.